The number of aromatic nitrogens is 1. The molecule has 0 saturated heterocycles. The van der Waals surface area contributed by atoms with E-state index in [0.717, 1.165) is 16.7 Å². The van der Waals surface area contributed by atoms with Gasteiger partial charge in [-0.05, 0) is 23.8 Å². The van der Waals surface area contributed by atoms with Crippen LogP contribution in [0.3, 0.4) is 0 Å². The van der Waals surface area contributed by atoms with Crippen LogP contribution < -0.4 is 5.32 Å². The molecule has 6 nitrogen and oxygen atoms in total. The van der Waals surface area contributed by atoms with Gasteiger partial charge in [0.05, 0.1) is 5.75 Å². The molecule has 0 aliphatic carbocycles. The Kier molecular flexibility index (Phi) is 6.18. The molecule has 1 amide bonds. The minimum absolute atomic E-state index is 0.0605. The number of nitrogens with one attached hydrogen (secondary N) is 1. The first-order chi connectivity index (χ1) is 13.0. The fourth-order valence-corrected chi connectivity index (χ4v) is 4.02. The second-order valence-corrected chi connectivity index (χ2v) is 9.28. The number of hydrogen-bond donors (Lipinski definition) is 1. The van der Waals surface area contributed by atoms with E-state index in [1.54, 1.807) is 19.1 Å². The fourth-order valence-electron chi connectivity index (χ4n) is 2.48. The number of benzene rings is 2. The van der Waals surface area contributed by atoms with Gasteiger partial charge in [0.2, 0.25) is 0 Å². The fraction of sp³-hybridized carbons (Fsp3) is 0.263. The number of amides is 1. The van der Waals surface area contributed by atoms with Crippen molar-refractivity contribution in [2.75, 3.05) is 18.1 Å². The summed E-state index contributed by atoms with van der Waals surface area (Å²) in [5, 5.41) is 3.23. The number of fused-ring (bicyclic) bond motifs is 1. The van der Waals surface area contributed by atoms with Gasteiger partial charge in [-0.2, -0.15) is 0 Å². The van der Waals surface area contributed by atoms with Crippen LogP contribution in [-0.2, 0) is 15.6 Å². The highest BCUT2D eigenvalue weighted by atomic mass is 32.2. The minimum atomic E-state index is -3.11. The van der Waals surface area contributed by atoms with Gasteiger partial charge in [-0.15, -0.1) is 0 Å². The second-order valence-electron chi connectivity index (χ2n) is 5.89. The topological polar surface area (TPSA) is 89.3 Å². The third-order valence-corrected chi connectivity index (χ3v) is 6.61. The monoisotopic (exact) mass is 404 g/mol. The molecule has 0 saturated carbocycles. The van der Waals surface area contributed by atoms with Crippen LogP contribution in [0.25, 0.3) is 11.1 Å². The van der Waals surface area contributed by atoms with Gasteiger partial charge in [0.25, 0.3) is 11.1 Å². The Bertz CT molecular complexity index is 1010. The SMILES string of the molecule is CCS(=O)(=O)CCNC(=O)c1ccccc1CSc1nc2ccccc2o1. The third-order valence-electron chi connectivity index (χ3n) is 4.03. The summed E-state index contributed by atoms with van der Waals surface area (Å²) in [6.07, 6.45) is 0. The van der Waals surface area contributed by atoms with E-state index in [0.29, 0.717) is 16.5 Å². The Morgan fingerprint density at radius 1 is 1.15 bits per heavy atom. The number of hydrogen-bond acceptors (Lipinski definition) is 6. The van der Waals surface area contributed by atoms with E-state index in [1.165, 1.54) is 11.8 Å². The van der Waals surface area contributed by atoms with Gasteiger partial charge in [-0.25, -0.2) is 13.4 Å². The number of carbonyl (C=O) groups is 1. The summed E-state index contributed by atoms with van der Waals surface area (Å²) in [6, 6.07) is 14.8. The van der Waals surface area contributed by atoms with Gasteiger partial charge in [0, 0.05) is 23.6 Å². The van der Waals surface area contributed by atoms with Gasteiger partial charge in [-0.3, -0.25) is 4.79 Å². The first kappa shape index (κ1) is 19.4. The normalized spacial score (nSPS) is 11.6. The number of carbonyl (C=O) groups excluding carboxylic acids is 1. The van der Waals surface area contributed by atoms with Crippen molar-refractivity contribution < 1.29 is 17.6 Å². The maximum Gasteiger partial charge on any atom is 0.257 e. The molecular formula is C19H20N2O4S2. The Hall–Kier alpha value is -2.32. The predicted octanol–water partition coefficient (Wildman–Crippen LogP) is 3.28. The van der Waals surface area contributed by atoms with E-state index in [1.807, 2.05) is 36.4 Å². The average Bonchev–Trinajstić information content (AvgIpc) is 3.09. The molecule has 3 rings (SSSR count). The van der Waals surface area contributed by atoms with Crippen LogP contribution in [0.2, 0.25) is 0 Å². The maximum atomic E-state index is 12.4. The number of nitrogens with zero attached hydrogens (tertiary/aromatic N) is 1. The number of sulfone groups is 1. The van der Waals surface area contributed by atoms with Crippen LogP contribution in [0.1, 0.15) is 22.8 Å². The molecule has 0 fully saturated rings. The Balaban J connectivity index is 1.65. The first-order valence-electron chi connectivity index (χ1n) is 8.53. The van der Waals surface area contributed by atoms with Crippen molar-refractivity contribution in [3.05, 3.63) is 59.7 Å². The quantitative estimate of drug-likeness (QED) is 0.580. The maximum absolute atomic E-state index is 12.4. The molecule has 2 aromatic carbocycles. The van der Waals surface area contributed by atoms with E-state index < -0.39 is 9.84 Å². The van der Waals surface area contributed by atoms with E-state index in [9.17, 15) is 13.2 Å². The van der Waals surface area contributed by atoms with Gasteiger partial charge >= 0.3 is 0 Å². The minimum Gasteiger partial charge on any atom is -0.431 e. The Labute approximate surface area is 162 Å². The predicted molar refractivity (Wildman–Crippen MR) is 107 cm³/mol. The lowest BCUT2D eigenvalue weighted by Gasteiger charge is -2.09. The second kappa shape index (κ2) is 8.58. The summed E-state index contributed by atoms with van der Waals surface area (Å²) in [4.78, 5) is 16.9. The van der Waals surface area contributed by atoms with Gasteiger partial charge in [0.15, 0.2) is 15.4 Å². The largest absolute Gasteiger partial charge is 0.431 e. The summed E-state index contributed by atoms with van der Waals surface area (Å²) in [7, 11) is -3.11. The van der Waals surface area contributed by atoms with E-state index in [4.69, 9.17) is 4.42 Å². The molecule has 3 aromatic rings. The molecule has 1 N–H and O–H groups in total. The molecule has 1 aromatic heterocycles. The van der Waals surface area contributed by atoms with Gasteiger partial charge in [-0.1, -0.05) is 49.0 Å². The average molecular weight is 405 g/mol. The molecule has 1 heterocycles. The van der Waals surface area contributed by atoms with Crippen LogP contribution in [-0.4, -0.2) is 37.4 Å². The molecule has 0 atom stereocenters. The molecule has 142 valence electrons. The van der Waals surface area contributed by atoms with Crippen LogP contribution in [0.4, 0.5) is 0 Å². The number of para-hydroxylation sites is 2. The molecule has 0 spiro atoms. The number of thioether (sulfide) groups is 1. The lowest BCUT2D eigenvalue weighted by atomic mass is 10.1. The molecule has 0 aliphatic rings. The molecule has 0 bridgehead atoms. The highest BCUT2D eigenvalue weighted by Gasteiger charge is 2.14. The third kappa shape index (κ3) is 5.11. The van der Waals surface area contributed by atoms with E-state index in [2.05, 4.69) is 10.3 Å². The van der Waals surface area contributed by atoms with E-state index >= 15 is 0 Å². The zero-order valence-corrected chi connectivity index (χ0v) is 16.5. The summed E-state index contributed by atoms with van der Waals surface area (Å²) >= 11 is 1.41. The zero-order valence-electron chi connectivity index (χ0n) is 14.8. The lowest BCUT2D eigenvalue weighted by Crippen LogP contribution is -2.30. The van der Waals surface area contributed by atoms with Crippen molar-refractivity contribution in [3.63, 3.8) is 0 Å². The van der Waals surface area contributed by atoms with Crippen molar-refractivity contribution in [1.29, 1.82) is 0 Å². The smallest absolute Gasteiger partial charge is 0.257 e. The van der Waals surface area contributed by atoms with E-state index in [-0.39, 0.29) is 24.0 Å². The van der Waals surface area contributed by atoms with Crippen molar-refractivity contribution in [3.8, 4) is 0 Å². The van der Waals surface area contributed by atoms with Crippen LogP contribution >= 0.6 is 11.8 Å². The van der Waals surface area contributed by atoms with Gasteiger partial charge < -0.3 is 9.73 Å². The molecule has 0 unspecified atom stereocenters. The molecule has 8 heteroatoms. The Morgan fingerprint density at radius 3 is 2.67 bits per heavy atom. The molecule has 27 heavy (non-hydrogen) atoms. The zero-order chi connectivity index (χ0) is 19.3. The van der Waals surface area contributed by atoms with Crippen molar-refractivity contribution in [1.82, 2.24) is 10.3 Å². The van der Waals surface area contributed by atoms with Crippen molar-refractivity contribution in [2.24, 2.45) is 0 Å². The Morgan fingerprint density at radius 2 is 1.89 bits per heavy atom. The van der Waals surface area contributed by atoms with Crippen LogP contribution in [0.15, 0.2) is 58.2 Å². The molecule has 0 aliphatic heterocycles. The molecular weight excluding hydrogens is 384 g/mol. The highest BCUT2D eigenvalue weighted by Crippen LogP contribution is 2.27. The summed E-state index contributed by atoms with van der Waals surface area (Å²) in [6.45, 7) is 1.69. The lowest BCUT2D eigenvalue weighted by molar-refractivity contribution is 0.0955. The first-order valence-corrected chi connectivity index (χ1v) is 11.3. The summed E-state index contributed by atoms with van der Waals surface area (Å²) in [5.41, 5.74) is 2.88. The van der Waals surface area contributed by atoms with Crippen LogP contribution in [0.5, 0.6) is 0 Å². The van der Waals surface area contributed by atoms with Crippen molar-refractivity contribution >= 4 is 38.6 Å². The van der Waals surface area contributed by atoms with Crippen LogP contribution in [0, 0.1) is 0 Å². The van der Waals surface area contributed by atoms with Crippen molar-refractivity contribution in [2.45, 2.75) is 17.9 Å². The standard InChI is InChI=1S/C19H20N2O4S2/c1-2-27(23,24)12-11-20-18(22)15-8-4-3-7-14(15)13-26-19-21-16-9-5-6-10-17(16)25-19/h3-10H,2,11-13H2,1H3,(H,20,22). The number of oxazole rings is 1. The summed E-state index contributed by atoms with van der Waals surface area (Å²) in [5.74, 6) is 0.245. The van der Waals surface area contributed by atoms with Gasteiger partial charge in [0.1, 0.15) is 5.52 Å². The molecule has 0 radical (unpaired) electrons. The summed E-state index contributed by atoms with van der Waals surface area (Å²) < 4.78 is 28.8. The number of rotatable bonds is 8. The highest BCUT2D eigenvalue weighted by molar-refractivity contribution is 7.98.